The smallest absolute Gasteiger partial charge is 0.416 e. The van der Waals surface area contributed by atoms with Gasteiger partial charge in [0, 0.05) is 35.6 Å². The third-order valence-electron chi connectivity index (χ3n) is 10.7. The summed E-state index contributed by atoms with van der Waals surface area (Å²) in [6, 6.07) is 5.28. The lowest BCUT2D eigenvalue weighted by molar-refractivity contribution is -0.142. The normalized spacial score (nSPS) is 13.2. The zero-order valence-electron chi connectivity index (χ0n) is 37.4. The van der Waals surface area contributed by atoms with Gasteiger partial charge < -0.3 is 14.9 Å². The number of hydrogen-bond donors (Lipinski definition) is 2. The van der Waals surface area contributed by atoms with Crippen LogP contribution in [0.15, 0.2) is 69.6 Å². The van der Waals surface area contributed by atoms with E-state index in [4.69, 9.17) is 5.11 Å². The lowest BCUT2D eigenvalue weighted by Gasteiger charge is -2.20. The summed E-state index contributed by atoms with van der Waals surface area (Å²) in [6.45, 7) is 2.60. The quantitative estimate of drug-likeness (QED) is 0.0359. The van der Waals surface area contributed by atoms with E-state index in [0.29, 0.717) is 17.0 Å². The molecule has 4 atom stereocenters. The number of carboxylic acid groups (broad SMARTS) is 2. The second kappa shape index (κ2) is 24.6. The zero-order valence-corrected chi connectivity index (χ0v) is 38.2. The Labute approximate surface area is 395 Å². The minimum Gasteiger partial charge on any atom is -0.481 e. The van der Waals surface area contributed by atoms with Crippen LogP contribution in [0.4, 0.5) is 35.1 Å². The highest BCUT2D eigenvalue weighted by Crippen LogP contribution is 2.31. The standard InChI is InChI=1S/C25H19F7N2O6.C21H25FN2O5S/c1-2-17(34-10-33-16-4-3-12(25(30,31)32)7-13(16)24(34)39)18(35)5-11(6-20(37)38)19(36)9-40-23-21(28)14(26)8-15(27)22(23)29;1-3-7-30-14-5-6-16-15(10-14)21(29)24(12-23-16)17(4-2)18(25)8-13(9-20(27)28)19(26)11-22/h3-4,7-8,10-11,17H,2,5-6,9H2,1H3,(H,37,38);5-6,10,12-13,17H,3-4,7-9,11H2,1-2H3,(H,27,28)/t11-,17-;13?,17-/m00/s1. The minimum atomic E-state index is -4.77. The Bertz CT molecular complexity index is 2880. The number of carbonyl (C=O) groups excluding carboxylic acids is 4. The van der Waals surface area contributed by atoms with Crippen molar-refractivity contribution < 1.29 is 78.8 Å². The molecule has 0 fully saturated rings. The Kier molecular flexibility index (Phi) is 19.6. The van der Waals surface area contributed by atoms with Gasteiger partial charge in [0.25, 0.3) is 11.1 Å². The van der Waals surface area contributed by atoms with Crippen molar-refractivity contribution in [3.05, 3.63) is 105 Å². The van der Waals surface area contributed by atoms with Crippen molar-refractivity contribution in [3.63, 3.8) is 0 Å². The molecule has 0 aliphatic rings. The average molecular weight is 1010 g/mol. The number of halogens is 8. The summed E-state index contributed by atoms with van der Waals surface area (Å²) in [6.07, 6.45) is -4.30. The molecule has 24 heteroatoms. The monoisotopic (exact) mass is 1010 g/mol. The van der Waals surface area contributed by atoms with E-state index >= 15 is 0 Å². The van der Waals surface area contributed by atoms with Crippen LogP contribution in [0.25, 0.3) is 21.8 Å². The van der Waals surface area contributed by atoms with Gasteiger partial charge in [-0.1, -0.05) is 20.8 Å². The molecule has 3 aromatic carbocycles. The molecule has 1 unspecified atom stereocenters. The average Bonchev–Trinajstić information content (AvgIpc) is 3.30. The van der Waals surface area contributed by atoms with E-state index in [-0.39, 0.29) is 30.0 Å². The molecule has 0 spiro atoms. The first-order valence-electron chi connectivity index (χ1n) is 21.2. The van der Waals surface area contributed by atoms with Gasteiger partial charge in [0.1, 0.15) is 13.3 Å². The summed E-state index contributed by atoms with van der Waals surface area (Å²) in [7, 11) is 0. The first kappa shape index (κ1) is 55.7. The molecule has 0 bridgehead atoms. The number of ether oxygens (including phenoxy) is 1. The molecule has 5 rings (SSSR count). The first-order chi connectivity index (χ1) is 33.0. The van der Waals surface area contributed by atoms with Crippen LogP contribution in [0, 0.1) is 35.1 Å². The molecular formula is C46H44F8N4O11S. The molecule has 70 heavy (non-hydrogen) atoms. The van der Waals surface area contributed by atoms with Gasteiger partial charge in [-0.2, -0.15) is 22.0 Å². The molecule has 2 N–H and O–H groups in total. The zero-order chi connectivity index (χ0) is 52.2. The number of fused-ring (bicyclic) bond motifs is 2. The second-order valence-electron chi connectivity index (χ2n) is 15.6. The molecule has 2 heterocycles. The summed E-state index contributed by atoms with van der Waals surface area (Å²) < 4.78 is 113. The number of ketones is 4. The Balaban J connectivity index is 0.000000318. The highest BCUT2D eigenvalue weighted by Gasteiger charge is 2.34. The molecular weight excluding hydrogens is 969 g/mol. The first-order valence-corrected chi connectivity index (χ1v) is 22.2. The second-order valence-corrected chi connectivity index (χ2v) is 16.8. The summed E-state index contributed by atoms with van der Waals surface area (Å²) in [4.78, 5) is 108. The highest BCUT2D eigenvalue weighted by molar-refractivity contribution is 7.99. The van der Waals surface area contributed by atoms with Crippen LogP contribution in [0.3, 0.4) is 0 Å². The Hall–Kier alpha value is -6.85. The molecule has 0 saturated heterocycles. The molecule has 15 nitrogen and oxygen atoms in total. The lowest BCUT2D eigenvalue weighted by Crippen LogP contribution is -2.33. The van der Waals surface area contributed by atoms with Gasteiger partial charge >= 0.3 is 18.1 Å². The van der Waals surface area contributed by atoms with Crippen LogP contribution in [0.2, 0.25) is 0 Å². The number of hydrogen-bond acceptors (Lipinski definition) is 12. The van der Waals surface area contributed by atoms with Gasteiger partial charge in [-0.15, -0.1) is 11.8 Å². The van der Waals surface area contributed by atoms with Gasteiger partial charge in [-0.25, -0.2) is 23.1 Å². The van der Waals surface area contributed by atoms with Crippen molar-refractivity contribution in [1.29, 1.82) is 0 Å². The lowest BCUT2D eigenvalue weighted by atomic mass is 9.91. The Morgan fingerprint density at radius 2 is 1.14 bits per heavy atom. The van der Waals surface area contributed by atoms with Crippen molar-refractivity contribution in [2.24, 2.45) is 11.8 Å². The summed E-state index contributed by atoms with van der Waals surface area (Å²) >= 11 is 1.62. The maximum Gasteiger partial charge on any atom is 0.416 e. The molecule has 0 saturated carbocycles. The van der Waals surface area contributed by atoms with Crippen molar-refractivity contribution >= 4 is 68.6 Å². The topological polar surface area (TPSA) is 222 Å². The van der Waals surface area contributed by atoms with E-state index in [1.807, 2.05) is 6.07 Å². The van der Waals surface area contributed by atoms with Crippen molar-refractivity contribution in [2.45, 2.75) is 88.9 Å². The highest BCUT2D eigenvalue weighted by atomic mass is 32.2. The van der Waals surface area contributed by atoms with E-state index < -0.39 is 150 Å². The van der Waals surface area contributed by atoms with Crippen molar-refractivity contribution in [2.75, 3.05) is 19.0 Å². The van der Waals surface area contributed by atoms with E-state index in [1.165, 1.54) is 17.8 Å². The van der Waals surface area contributed by atoms with E-state index in [0.717, 1.165) is 40.1 Å². The van der Waals surface area contributed by atoms with Gasteiger partial charge in [0.15, 0.2) is 40.5 Å². The number of aliphatic carboxylic acids is 2. The number of alkyl halides is 4. The fourth-order valence-electron chi connectivity index (χ4n) is 7.17. The maximum atomic E-state index is 13.8. The third-order valence-corrected chi connectivity index (χ3v) is 11.9. The molecule has 0 amide bonds. The van der Waals surface area contributed by atoms with Gasteiger partial charge in [0.05, 0.1) is 64.9 Å². The molecule has 0 radical (unpaired) electrons. The Morgan fingerprint density at radius 1 is 0.671 bits per heavy atom. The SMILES string of the molecule is CCCSc1ccc2ncn([C@@H](CC)C(=O)CC(CC(=O)O)C(=O)CF)c(=O)c2c1.CC[C@@H](C(=O)C[C@@H](CC(=O)O)C(=O)COc1c(F)c(F)cc(F)c1F)n1cnc2ccc(C(F)(F)F)cc2c1=O. The number of nitrogens with zero attached hydrogens (tertiary/aromatic N) is 4. The van der Waals surface area contributed by atoms with Crippen LogP contribution in [-0.4, -0.2) is 83.4 Å². The summed E-state index contributed by atoms with van der Waals surface area (Å²) in [5.74, 6) is -17.4. The molecule has 0 aliphatic carbocycles. The third kappa shape index (κ3) is 13.9. The minimum absolute atomic E-state index is 0.0825. The fourth-order valence-corrected chi connectivity index (χ4v) is 7.97. The number of carboxylic acids is 2. The van der Waals surface area contributed by atoms with Crippen LogP contribution >= 0.6 is 11.8 Å². The van der Waals surface area contributed by atoms with Crippen LogP contribution in [-0.2, 0) is 34.9 Å². The number of aromatic nitrogens is 4. The summed E-state index contributed by atoms with van der Waals surface area (Å²) in [5.41, 5.74) is -2.09. The van der Waals surface area contributed by atoms with E-state index in [2.05, 4.69) is 21.6 Å². The van der Waals surface area contributed by atoms with Crippen LogP contribution < -0.4 is 15.9 Å². The predicted octanol–water partition coefficient (Wildman–Crippen LogP) is 8.06. The fraction of sp³-hybridized carbons (Fsp3) is 0.391. The maximum absolute atomic E-state index is 13.8. The van der Waals surface area contributed by atoms with Crippen molar-refractivity contribution in [3.8, 4) is 5.75 Å². The molecule has 0 aliphatic heterocycles. The van der Waals surface area contributed by atoms with Gasteiger partial charge in [-0.3, -0.25) is 47.5 Å². The predicted molar refractivity (Wildman–Crippen MR) is 235 cm³/mol. The molecule has 376 valence electrons. The number of rotatable bonds is 23. The molecule has 5 aromatic rings. The van der Waals surface area contributed by atoms with Gasteiger partial charge in [0.2, 0.25) is 11.6 Å². The number of thioether (sulfide) groups is 1. The summed E-state index contributed by atoms with van der Waals surface area (Å²) in [5, 5.41) is 18.1. The van der Waals surface area contributed by atoms with Crippen molar-refractivity contribution in [1.82, 2.24) is 19.1 Å². The van der Waals surface area contributed by atoms with E-state index in [1.54, 1.807) is 30.8 Å². The van der Waals surface area contributed by atoms with Crippen LogP contribution in [0.5, 0.6) is 5.75 Å². The van der Waals surface area contributed by atoms with Crippen LogP contribution in [0.1, 0.15) is 83.4 Å². The van der Waals surface area contributed by atoms with E-state index in [9.17, 15) is 78.6 Å². The number of carbonyl (C=O) groups is 6. The Morgan fingerprint density at radius 3 is 1.59 bits per heavy atom. The van der Waals surface area contributed by atoms with Gasteiger partial charge in [-0.05, 0) is 61.4 Å². The number of Topliss-reactive ketones (excluding diaryl/α,β-unsaturated/α-hetero) is 4. The molecule has 2 aromatic heterocycles. The largest absolute Gasteiger partial charge is 0.481 e. The number of benzene rings is 3.